The summed E-state index contributed by atoms with van der Waals surface area (Å²) in [6.45, 7) is 2.05. The van der Waals surface area contributed by atoms with Crippen molar-refractivity contribution in [3.05, 3.63) is 53.6 Å². The second kappa shape index (κ2) is 5.12. The number of carbonyl (C=O) groups is 2. The lowest BCUT2D eigenvalue weighted by molar-refractivity contribution is -0.118. The molecule has 4 rings (SSSR count). The zero-order valence-corrected chi connectivity index (χ0v) is 12.7. The maximum Gasteiger partial charge on any atom is 0.262 e. The van der Waals surface area contributed by atoms with E-state index in [0.29, 0.717) is 17.0 Å². The highest BCUT2D eigenvalue weighted by molar-refractivity contribution is 6.09. The minimum absolute atomic E-state index is 0.0107. The van der Waals surface area contributed by atoms with E-state index >= 15 is 0 Å². The van der Waals surface area contributed by atoms with Crippen molar-refractivity contribution in [1.29, 1.82) is 0 Å². The van der Waals surface area contributed by atoms with Crippen LogP contribution in [0.1, 0.15) is 22.8 Å². The third-order valence-electron chi connectivity index (χ3n) is 4.29. The summed E-state index contributed by atoms with van der Waals surface area (Å²) in [6.07, 6.45) is 0.854. The van der Waals surface area contributed by atoms with Gasteiger partial charge in [0.15, 0.2) is 6.61 Å². The van der Waals surface area contributed by atoms with Crippen LogP contribution in [0.25, 0.3) is 0 Å². The van der Waals surface area contributed by atoms with Gasteiger partial charge in [-0.05, 0) is 43.2 Å². The first-order valence-corrected chi connectivity index (χ1v) is 7.61. The first-order valence-electron chi connectivity index (χ1n) is 7.61. The Morgan fingerprint density at radius 3 is 2.96 bits per heavy atom. The van der Waals surface area contributed by atoms with Crippen LogP contribution in [0.4, 0.5) is 11.4 Å². The van der Waals surface area contributed by atoms with Gasteiger partial charge in [-0.2, -0.15) is 0 Å². The fraction of sp³-hybridized carbons (Fsp3) is 0.222. The Kier molecular flexibility index (Phi) is 3.08. The number of hydrogen-bond donors (Lipinski definition) is 1. The molecule has 2 aliphatic heterocycles. The Morgan fingerprint density at radius 2 is 2.09 bits per heavy atom. The number of hydrogen-bond acceptors (Lipinski definition) is 3. The van der Waals surface area contributed by atoms with Gasteiger partial charge in [-0.15, -0.1) is 0 Å². The van der Waals surface area contributed by atoms with E-state index in [-0.39, 0.29) is 24.5 Å². The van der Waals surface area contributed by atoms with Crippen LogP contribution in [0.3, 0.4) is 0 Å². The molecule has 0 aromatic heterocycles. The van der Waals surface area contributed by atoms with Crippen LogP contribution in [0.15, 0.2) is 42.5 Å². The molecule has 0 bridgehead atoms. The van der Waals surface area contributed by atoms with Crippen LogP contribution in [0, 0.1) is 0 Å². The molecule has 0 radical (unpaired) electrons. The predicted octanol–water partition coefficient (Wildman–Crippen LogP) is 2.61. The van der Waals surface area contributed by atoms with E-state index in [0.717, 1.165) is 12.1 Å². The molecule has 2 aliphatic rings. The zero-order chi connectivity index (χ0) is 16.0. The molecule has 0 fully saturated rings. The first-order chi connectivity index (χ1) is 11.1. The van der Waals surface area contributed by atoms with Crippen LogP contribution in [-0.2, 0) is 11.2 Å². The van der Waals surface area contributed by atoms with E-state index in [1.807, 2.05) is 30.0 Å². The fourth-order valence-electron chi connectivity index (χ4n) is 3.23. The Hall–Kier alpha value is -2.82. The number of nitrogens with zero attached hydrogens (tertiary/aromatic N) is 1. The Morgan fingerprint density at radius 1 is 1.26 bits per heavy atom. The lowest BCUT2D eigenvalue weighted by Gasteiger charge is -2.24. The molecule has 116 valence electrons. The number of para-hydroxylation sites is 1. The van der Waals surface area contributed by atoms with E-state index < -0.39 is 0 Å². The lowest BCUT2D eigenvalue weighted by atomic mass is 10.1. The van der Waals surface area contributed by atoms with Crippen molar-refractivity contribution in [1.82, 2.24) is 0 Å². The molecule has 0 unspecified atom stereocenters. The smallest absolute Gasteiger partial charge is 0.262 e. The van der Waals surface area contributed by atoms with Crippen LogP contribution >= 0.6 is 0 Å². The average Bonchev–Trinajstić information content (AvgIpc) is 2.89. The maximum absolute atomic E-state index is 13.0. The van der Waals surface area contributed by atoms with E-state index in [2.05, 4.69) is 11.4 Å². The SMILES string of the molecule is C[C@H]1Cc2ccccc2N1C(=O)c1ccc2c(c1)NC(=O)CO2. The van der Waals surface area contributed by atoms with Crippen molar-refractivity contribution in [3.63, 3.8) is 0 Å². The Bertz CT molecular complexity index is 816. The van der Waals surface area contributed by atoms with Gasteiger partial charge >= 0.3 is 0 Å². The highest BCUT2D eigenvalue weighted by Gasteiger charge is 2.31. The number of carbonyl (C=O) groups excluding carboxylic acids is 2. The number of fused-ring (bicyclic) bond motifs is 2. The highest BCUT2D eigenvalue weighted by atomic mass is 16.5. The number of ether oxygens (including phenoxy) is 1. The molecular weight excluding hydrogens is 292 g/mol. The maximum atomic E-state index is 13.0. The molecule has 0 spiro atoms. The molecule has 5 nitrogen and oxygen atoms in total. The molecule has 1 atom stereocenters. The summed E-state index contributed by atoms with van der Waals surface area (Å²) >= 11 is 0. The molecule has 23 heavy (non-hydrogen) atoms. The number of anilines is 2. The van der Waals surface area contributed by atoms with Crippen molar-refractivity contribution in [2.75, 3.05) is 16.8 Å². The summed E-state index contributed by atoms with van der Waals surface area (Å²) in [4.78, 5) is 26.2. The molecule has 2 heterocycles. The van der Waals surface area contributed by atoms with Gasteiger partial charge in [-0.3, -0.25) is 9.59 Å². The van der Waals surface area contributed by atoms with Crippen molar-refractivity contribution in [2.24, 2.45) is 0 Å². The summed E-state index contributed by atoms with van der Waals surface area (Å²) in [5.41, 5.74) is 3.23. The average molecular weight is 308 g/mol. The lowest BCUT2D eigenvalue weighted by Crippen LogP contribution is -2.36. The monoisotopic (exact) mass is 308 g/mol. The van der Waals surface area contributed by atoms with Crippen molar-refractivity contribution in [3.8, 4) is 5.75 Å². The Balaban J connectivity index is 1.70. The summed E-state index contributed by atoms with van der Waals surface area (Å²) in [6, 6.07) is 13.2. The molecule has 2 aromatic carbocycles. The second-order valence-electron chi connectivity index (χ2n) is 5.90. The summed E-state index contributed by atoms with van der Waals surface area (Å²) in [5.74, 6) is 0.322. The molecule has 2 amide bonds. The van der Waals surface area contributed by atoms with Gasteiger partial charge in [-0.25, -0.2) is 0 Å². The van der Waals surface area contributed by atoms with E-state index in [1.54, 1.807) is 18.2 Å². The zero-order valence-electron chi connectivity index (χ0n) is 12.7. The van der Waals surface area contributed by atoms with Crippen molar-refractivity contribution in [2.45, 2.75) is 19.4 Å². The van der Waals surface area contributed by atoms with Gasteiger partial charge in [0.1, 0.15) is 5.75 Å². The van der Waals surface area contributed by atoms with Gasteiger partial charge in [0.2, 0.25) is 0 Å². The molecule has 1 N–H and O–H groups in total. The van der Waals surface area contributed by atoms with E-state index in [4.69, 9.17) is 4.74 Å². The summed E-state index contributed by atoms with van der Waals surface area (Å²) in [7, 11) is 0. The fourth-order valence-corrected chi connectivity index (χ4v) is 3.23. The molecule has 0 aliphatic carbocycles. The third-order valence-corrected chi connectivity index (χ3v) is 4.29. The minimum Gasteiger partial charge on any atom is -0.482 e. The number of benzene rings is 2. The topological polar surface area (TPSA) is 58.6 Å². The normalized spacial score (nSPS) is 18.7. The molecular formula is C18H16N2O3. The molecule has 5 heteroatoms. The van der Waals surface area contributed by atoms with Crippen molar-refractivity contribution < 1.29 is 14.3 Å². The number of nitrogens with one attached hydrogen (secondary N) is 1. The quantitative estimate of drug-likeness (QED) is 0.881. The standard InChI is InChI=1S/C18H16N2O3/c1-11-8-12-4-2-3-5-15(12)20(11)18(22)13-6-7-16-14(9-13)19-17(21)10-23-16/h2-7,9,11H,8,10H2,1H3,(H,19,21)/t11-/m0/s1. The van der Waals surface area contributed by atoms with Gasteiger partial charge < -0.3 is 15.0 Å². The van der Waals surface area contributed by atoms with Crippen LogP contribution in [0.2, 0.25) is 0 Å². The second-order valence-corrected chi connectivity index (χ2v) is 5.90. The summed E-state index contributed by atoms with van der Waals surface area (Å²) < 4.78 is 5.34. The predicted molar refractivity (Wildman–Crippen MR) is 87.0 cm³/mol. The minimum atomic E-state index is -0.206. The molecule has 0 saturated heterocycles. The Labute approximate surface area is 133 Å². The third kappa shape index (κ3) is 2.25. The van der Waals surface area contributed by atoms with Crippen LogP contribution < -0.4 is 15.0 Å². The molecule has 0 saturated carbocycles. The van der Waals surface area contributed by atoms with Crippen LogP contribution in [-0.4, -0.2) is 24.5 Å². The van der Waals surface area contributed by atoms with E-state index in [9.17, 15) is 9.59 Å². The van der Waals surface area contributed by atoms with E-state index in [1.165, 1.54) is 5.56 Å². The molecule has 2 aromatic rings. The first kappa shape index (κ1) is 13.8. The summed E-state index contributed by atoms with van der Waals surface area (Å²) in [5, 5.41) is 2.74. The highest BCUT2D eigenvalue weighted by Crippen LogP contribution is 2.34. The van der Waals surface area contributed by atoms with Gasteiger partial charge in [0.25, 0.3) is 11.8 Å². The number of rotatable bonds is 1. The van der Waals surface area contributed by atoms with Gasteiger partial charge in [0.05, 0.1) is 5.69 Å². The number of amides is 2. The van der Waals surface area contributed by atoms with Gasteiger partial charge in [0, 0.05) is 17.3 Å². The van der Waals surface area contributed by atoms with Crippen LogP contribution in [0.5, 0.6) is 5.75 Å². The van der Waals surface area contributed by atoms with Crippen molar-refractivity contribution >= 4 is 23.2 Å². The van der Waals surface area contributed by atoms with Gasteiger partial charge in [-0.1, -0.05) is 18.2 Å². The largest absolute Gasteiger partial charge is 0.482 e.